The summed E-state index contributed by atoms with van der Waals surface area (Å²) in [5.41, 5.74) is 2.80. The molecule has 1 aliphatic heterocycles. The lowest BCUT2D eigenvalue weighted by Crippen LogP contribution is -2.27. The van der Waals surface area contributed by atoms with Crippen molar-refractivity contribution in [3.8, 4) is 0 Å². The lowest BCUT2D eigenvalue weighted by Gasteiger charge is -2.24. The molecule has 2 atom stereocenters. The maximum atomic E-state index is 13.2. The van der Waals surface area contributed by atoms with E-state index in [9.17, 15) is 9.50 Å². The molecule has 2 aromatic rings. The van der Waals surface area contributed by atoms with E-state index in [4.69, 9.17) is 0 Å². The van der Waals surface area contributed by atoms with Crippen LogP contribution in [0.3, 0.4) is 0 Å². The highest BCUT2D eigenvalue weighted by Gasteiger charge is 2.34. The number of aromatic nitrogens is 3. The van der Waals surface area contributed by atoms with Crippen LogP contribution in [-0.4, -0.2) is 32.9 Å². The standard InChI is InChI=1S/C17H21FN4O/c1-3-14-15(4-2)20-21-17(19-14)22-10-13(23)9-16(22)11-5-7-12(18)8-6-11/h5-8,13,16,23H,3-4,9-10H2,1-2H3/t13-,16-/m0/s1. The molecule has 1 aliphatic rings. The number of aliphatic hydroxyl groups is 1. The first kappa shape index (κ1) is 15.8. The minimum absolute atomic E-state index is 0.0652. The summed E-state index contributed by atoms with van der Waals surface area (Å²) in [5, 5.41) is 18.6. The van der Waals surface area contributed by atoms with Crippen molar-refractivity contribution in [3.05, 3.63) is 47.0 Å². The van der Waals surface area contributed by atoms with E-state index >= 15 is 0 Å². The number of halogens is 1. The van der Waals surface area contributed by atoms with Gasteiger partial charge in [0.05, 0.1) is 23.5 Å². The average molecular weight is 316 g/mol. The Morgan fingerprint density at radius 3 is 2.48 bits per heavy atom. The van der Waals surface area contributed by atoms with Gasteiger partial charge in [-0.2, -0.15) is 5.10 Å². The molecule has 6 heteroatoms. The van der Waals surface area contributed by atoms with Crippen molar-refractivity contribution in [1.82, 2.24) is 15.2 Å². The fourth-order valence-electron chi connectivity index (χ4n) is 3.09. The maximum absolute atomic E-state index is 13.2. The molecule has 3 rings (SSSR count). The van der Waals surface area contributed by atoms with Gasteiger partial charge in [-0.3, -0.25) is 0 Å². The predicted molar refractivity (Wildman–Crippen MR) is 85.7 cm³/mol. The Morgan fingerprint density at radius 2 is 1.83 bits per heavy atom. The van der Waals surface area contributed by atoms with E-state index in [0.29, 0.717) is 18.9 Å². The lowest BCUT2D eigenvalue weighted by molar-refractivity contribution is 0.194. The summed E-state index contributed by atoms with van der Waals surface area (Å²) in [6.07, 6.45) is 1.72. The molecule has 0 radical (unpaired) electrons. The number of β-amino-alcohol motifs (C(OH)–C–C–N with tert-alkyl or cyclic N) is 1. The second kappa shape index (κ2) is 6.58. The molecular weight excluding hydrogens is 295 g/mol. The Kier molecular flexibility index (Phi) is 4.52. The van der Waals surface area contributed by atoms with Gasteiger partial charge >= 0.3 is 0 Å². The highest BCUT2D eigenvalue weighted by Crippen LogP contribution is 2.34. The van der Waals surface area contributed by atoms with Gasteiger partial charge in [0.2, 0.25) is 5.95 Å². The van der Waals surface area contributed by atoms with Crippen LogP contribution in [-0.2, 0) is 12.8 Å². The van der Waals surface area contributed by atoms with Gasteiger partial charge in [0.1, 0.15) is 5.82 Å². The van der Waals surface area contributed by atoms with E-state index in [-0.39, 0.29) is 11.9 Å². The molecule has 0 saturated carbocycles. The van der Waals surface area contributed by atoms with Crippen LogP contribution in [0.1, 0.15) is 43.3 Å². The first-order chi connectivity index (χ1) is 11.1. The molecule has 0 amide bonds. The zero-order valence-electron chi connectivity index (χ0n) is 13.4. The molecule has 1 fully saturated rings. The lowest BCUT2D eigenvalue weighted by atomic mass is 10.0. The number of aryl methyl sites for hydroxylation is 2. The molecule has 0 aliphatic carbocycles. The van der Waals surface area contributed by atoms with E-state index < -0.39 is 6.10 Å². The predicted octanol–water partition coefficient (Wildman–Crippen LogP) is 2.45. The highest BCUT2D eigenvalue weighted by molar-refractivity contribution is 5.39. The van der Waals surface area contributed by atoms with E-state index in [0.717, 1.165) is 29.8 Å². The summed E-state index contributed by atoms with van der Waals surface area (Å²) in [7, 11) is 0. The molecule has 0 bridgehead atoms. The Bertz CT molecular complexity index is 677. The number of hydrogen-bond donors (Lipinski definition) is 1. The van der Waals surface area contributed by atoms with Gasteiger partial charge in [0.25, 0.3) is 0 Å². The largest absolute Gasteiger partial charge is 0.391 e. The highest BCUT2D eigenvalue weighted by atomic mass is 19.1. The number of benzene rings is 1. The van der Waals surface area contributed by atoms with E-state index in [1.54, 1.807) is 12.1 Å². The molecule has 1 saturated heterocycles. The molecule has 1 aromatic carbocycles. The van der Waals surface area contributed by atoms with E-state index in [1.807, 2.05) is 18.7 Å². The first-order valence-corrected chi connectivity index (χ1v) is 8.05. The summed E-state index contributed by atoms with van der Waals surface area (Å²) in [5.74, 6) is 0.266. The zero-order chi connectivity index (χ0) is 16.4. The fourth-order valence-corrected chi connectivity index (χ4v) is 3.09. The second-order valence-corrected chi connectivity index (χ2v) is 5.82. The summed E-state index contributed by atoms with van der Waals surface area (Å²) in [6.45, 7) is 4.53. The average Bonchev–Trinajstić information content (AvgIpc) is 2.96. The minimum Gasteiger partial charge on any atom is -0.391 e. The van der Waals surface area contributed by atoms with Crippen molar-refractivity contribution in [2.75, 3.05) is 11.4 Å². The third-order valence-corrected chi connectivity index (χ3v) is 4.29. The number of anilines is 1. The van der Waals surface area contributed by atoms with Crippen molar-refractivity contribution in [1.29, 1.82) is 0 Å². The van der Waals surface area contributed by atoms with Gasteiger partial charge in [-0.1, -0.05) is 26.0 Å². The van der Waals surface area contributed by atoms with Crippen LogP contribution in [0.5, 0.6) is 0 Å². The van der Waals surface area contributed by atoms with E-state index in [1.165, 1.54) is 12.1 Å². The van der Waals surface area contributed by atoms with Gasteiger partial charge in [0, 0.05) is 6.54 Å². The molecule has 122 valence electrons. The Balaban J connectivity index is 1.94. The molecule has 23 heavy (non-hydrogen) atoms. The minimum atomic E-state index is -0.454. The summed E-state index contributed by atoms with van der Waals surface area (Å²) >= 11 is 0. The van der Waals surface area contributed by atoms with Crippen LogP contribution in [0, 0.1) is 5.82 Å². The number of nitrogens with zero attached hydrogens (tertiary/aromatic N) is 4. The summed E-state index contributed by atoms with van der Waals surface area (Å²) in [6, 6.07) is 6.31. The Hall–Kier alpha value is -2.08. The van der Waals surface area contributed by atoms with Crippen LogP contribution in [0.25, 0.3) is 0 Å². The molecule has 1 aromatic heterocycles. The molecule has 2 heterocycles. The van der Waals surface area contributed by atoms with Crippen LogP contribution in [0.15, 0.2) is 24.3 Å². The molecule has 1 N–H and O–H groups in total. The van der Waals surface area contributed by atoms with Crippen molar-refractivity contribution in [2.24, 2.45) is 0 Å². The first-order valence-electron chi connectivity index (χ1n) is 8.05. The monoisotopic (exact) mass is 316 g/mol. The van der Waals surface area contributed by atoms with Gasteiger partial charge in [-0.15, -0.1) is 5.10 Å². The molecule has 0 spiro atoms. The van der Waals surface area contributed by atoms with Gasteiger partial charge in [0.15, 0.2) is 0 Å². The molecule has 5 nitrogen and oxygen atoms in total. The maximum Gasteiger partial charge on any atom is 0.246 e. The normalized spacial score (nSPS) is 21.0. The van der Waals surface area contributed by atoms with Gasteiger partial charge in [-0.25, -0.2) is 9.37 Å². The van der Waals surface area contributed by atoms with Gasteiger partial charge < -0.3 is 10.0 Å². The third kappa shape index (κ3) is 3.17. The zero-order valence-corrected chi connectivity index (χ0v) is 13.4. The number of aliphatic hydroxyl groups excluding tert-OH is 1. The Morgan fingerprint density at radius 1 is 1.13 bits per heavy atom. The van der Waals surface area contributed by atoms with E-state index in [2.05, 4.69) is 15.2 Å². The summed E-state index contributed by atoms with van der Waals surface area (Å²) < 4.78 is 13.2. The molecular formula is C17H21FN4O. The molecule has 0 unspecified atom stereocenters. The quantitative estimate of drug-likeness (QED) is 0.939. The van der Waals surface area contributed by atoms with Crippen molar-refractivity contribution in [2.45, 2.75) is 45.3 Å². The third-order valence-electron chi connectivity index (χ3n) is 4.29. The van der Waals surface area contributed by atoms with Crippen LogP contribution >= 0.6 is 0 Å². The fraction of sp³-hybridized carbons (Fsp3) is 0.471. The second-order valence-electron chi connectivity index (χ2n) is 5.82. The number of hydrogen-bond acceptors (Lipinski definition) is 5. The smallest absolute Gasteiger partial charge is 0.246 e. The number of rotatable bonds is 4. The van der Waals surface area contributed by atoms with Crippen molar-refractivity contribution in [3.63, 3.8) is 0 Å². The summed E-state index contributed by atoms with van der Waals surface area (Å²) in [4.78, 5) is 6.60. The topological polar surface area (TPSA) is 62.1 Å². The van der Waals surface area contributed by atoms with Crippen molar-refractivity contribution < 1.29 is 9.50 Å². The van der Waals surface area contributed by atoms with Crippen molar-refractivity contribution >= 4 is 5.95 Å². The van der Waals surface area contributed by atoms with Gasteiger partial charge in [-0.05, 0) is 37.0 Å². The SMILES string of the molecule is CCc1nnc(N2C[C@@H](O)C[C@H]2c2ccc(F)cc2)nc1CC. The van der Waals surface area contributed by atoms with Crippen LogP contribution < -0.4 is 4.90 Å². The Labute approximate surface area is 135 Å². The van der Waals surface area contributed by atoms with Crippen LogP contribution in [0.2, 0.25) is 0 Å². The van der Waals surface area contributed by atoms with Crippen LogP contribution in [0.4, 0.5) is 10.3 Å².